The van der Waals surface area contributed by atoms with Gasteiger partial charge in [0.1, 0.15) is 18.1 Å². The van der Waals surface area contributed by atoms with Gasteiger partial charge in [-0.3, -0.25) is 19.2 Å². The molecule has 5 unspecified atom stereocenters. The quantitative estimate of drug-likeness (QED) is 0.152. The summed E-state index contributed by atoms with van der Waals surface area (Å²) >= 11 is 3.91. The first-order valence-corrected chi connectivity index (χ1v) is 12.0. The van der Waals surface area contributed by atoms with Crippen LogP contribution in [0.1, 0.15) is 38.7 Å². The van der Waals surface area contributed by atoms with Gasteiger partial charge in [-0.15, -0.1) is 0 Å². The van der Waals surface area contributed by atoms with Gasteiger partial charge in [-0.1, -0.05) is 50.6 Å². The molecule has 0 aliphatic carbocycles. The number of hydrogen-bond donors (Lipinski definition) is 7. The molecule has 5 atom stereocenters. The molecule has 0 bridgehead atoms. The van der Waals surface area contributed by atoms with Crippen LogP contribution in [0.4, 0.5) is 0 Å². The molecule has 0 aliphatic rings. The highest BCUT2D eigenvalue weighted by Gasteiger charge is 2.31. The van der Waals surface area contributed by atoms with Crippen molar-refractivity contribution in [1.29, 1.82) is 0 Å². The van der Waals surface area contributed by atoms with Crippen molar-refractivity contribution in [1.82, 2.24) is 16.0 Å². The molecule has 0 fully saturated rings. The van der Waals surface area contributed by atoms with Crippen LogP contribution in [0.2, 0.25) is 0 Å². The Balaban J connectivity index is 3.12. The minimum Gasteiger partial charge on any atom is -0.480 e. The summed E-state index contributed by atoms with van der Waals surface area (Å²) in [6, 6.07) is 4.44. The molecule has 8 N–H and O–H groups in total. The zero-order valence-corrected chi connectivity index (χ0v) is 20.8. The summed E-state index contributed by atoms with van der Waals surface area (Å²) in [5, 5.41) is 16.6. The summed E-state index contributed by atoms with van der Waals surface area (Å²) in [4.78, 5) is 61.2. The van der Waals surface area contributed by atoms with Crippen LogP contribution in [0, 0.1) is 5.92 Å². The van der Waals surface area contributed by atoms with Crippen LogP contribution in [0.15, 0.2) is 30.3 Å². The Hall–Kier alpha value is -3.12. The summed E-state index contributed by atoms with van der Waals surface area (Å²) in [6.45, 7) is 3.71. The molecule has 1 rings (SSSR count). The van der Waals surface area contributed by atoms with E-state index in [1.807, 2.05) is 13.8 Å². The van der Waals surface area contributed by atoms with Crippen LogP contribution >= 0.6 is 12.6 Å². The lowest BCUT2D eigenvalue weighted by molar-refractivity contribution is -0.141. The number of benzene rings is 1. The van der Waals surface area contributed by atoms with Gasteiger partial charge >= 0.3 is 5.97 Å². The maximum absolute atomic E-state index is 13.2. The van der Waals surface area contributed by atoms with Crippen LogP contribution < -0.4 is 27.4 Å². The molecule has 12 heteroatoms. The molecule has 11 nitrogen and oxygen atoms in total. The average molecular weight is 510 g/mol. The summed E-state index contributed by atoms with van der Waals surface area (Å²) in [5.41, 5.74) is 12.0. The highest BCUT2D eigenvalue weighted by Crippen LogP contribution is 2.09. The molecular weight excluding hydrogens is 474 g/mol. The predicted molar refractivity (Wildman–Crippen MR) is 133 cm³/mol. The number of nitrogens with two attached hydrogens (primary N) is 2. The number of carbonyl (C=O) groups excluding carboxylic acids is 4. The molecule has 0 heterocycles. The number of aliphatic carboxylic acids is 1. The summed E-state index contributed by atoms with van der Waals surface area (Å²) in [6.07, 6.45) is 0.384. The second-order valence-electron chi connectivity index (χ2n) is 8.31. The average Bonchev–Trinajstić information content (AvgIpc) is 2.83. The van der Waals surface area contributed by atoms with E-state index in [0.717, 1.165) is 5.56 Å². The maximum atomic E-state index is 13.2. The molecule has 0 saturated heterocycles. The fourth-order valence-corrected chi connectivity index (χ4v) is 3.37. The van der Waals surface area contributed by atoms with Crippen LogP contribution in [0.25, 0.3) is 0 Å². The molecular formula is C23H35N5O6S. The Morgan fingerprint density at radius 2 is 1.49 bits per heavy atom. The largest absolute Gasteiger partial charge is 0.480 e. The molecule has 4 amide bonds. The van der Waals surface area contributed by atoms with Crippen molar-refractivity contribution >= 4 is 42.2 Å². The highest BCUT2D eigenvalue weighted by atomic mass is 32.1. The van der Waals surface area contributed by atoms with Gasteiger partial charge in [0.15, 0.2) is 0 Å². The summed E-state index contributed by atoms with van der Waals surface area (Å²) in [7, 11) is 0. The van der Waals surface area contributed by atoms with E-state index in [1.54, 1.807) is 30.3 Å². The lowest BCUT2D eigenvalue weighted by Crippen LogP contribution is -2.58. The number of carboxylic acids is 1. The third kappa shape index (κ3) is 10.4. The first-order valence-electron chi connectivity index (χ1n) is 11.3. The monoisotopic (exact) mass is 509 g/mol. The van der Waals surface area contributed by atoms with Gasteiger partial charge < -0.3 is 32.5 Å². The second kappa shape index (κ2) is 15.0. The van der Waals surface area contributed by atoms with Crippen molar-refractivity contribution in [3.05, 3.63) is 35.9 Å². The third-order valence-electron chi connectivity index (χ3n) is 5.58. The van der Waals surface area contributed by atoms with E-state index in [2.05, 4.69) is 28.6 Å². The minimum absolute atomic E-state index is 0.115. The standard InChI is InChI=1S/C23H35N5O6S/c1-3-13(2)19(25)22(32)27-16(11-14-7-5-4-6-8-14)21(31)26-15(9-10-18(24)29)20(30)28-17(12-35)23(33)34/h4-8,13,15-17,19,35H,3,9-12,25H2,1-2H3,(H2,24,29)(H,26,31)(H,27,32)(H,28,30)(H,33,34). The number of nitrogens with one attached hydrogen (secondary N) is 3. The van der Waals surface area contributed by atoms with E-state index in [0.29, 0.717) is 6.42 Å². The van der Waals surface area contributed by atoms with Gasteiger partial charge in [0, 0.05) is 18.6 Å². The first kappa shape index (κ1) is 29.9. The van der Waals surface area contributed by atoms with Crippen molar-refractivity contribution < 1.29 is 29.1 Å². The fourth-order valence-electron chi connectivity index (χ4n) is 3.12. The van der Waals surface area contributed by atoms with Gasteiger partial charge in [0.05, 0.1) is 6.04 Å². The van der Waals surface area contributed by atoms with Crippen LogP contribution in [-0.4, -0.2) is 64.6 Å². The van der Waals surface area contributed by atoms with Gasteiger partial charge in [0.2, 0.25) is 23.6 Å². The van der Waals surface area contributed by atoms with Crippen LogP contribution in [0.5, 0.6) is 0 Å². The molecule has 0 saturated carbocycles. The molecule has 0 spiro atoms. The lowest BCUT2D eigenvalue weighted by Gasteiger charge is -2.26. The van der Waals surface area contributed by atoms with Gasteiger partial charge in [0.25, 0.3) is 0 Å². The Kier molecular flexibility index (Phi) is 12.8. The van der Waals surface area contributed by atoms with Gasteiger partial charge in [-0.05, 0) is 17.9 Å². The minimum atomic E-state index is -1.30. The van der Waals surface area contributed by atoms with Gasteiger partial charge in [-0.2, -0.15) is 12.6 Å². The topological polar surface area (TPSA) is 194 Å². The van der Waals surface area contributed by atoms with Gasteiger partial charge in [-0.25, -0.2) is 4.79 Å². The predicted octanol–water partition coefficient (Wildman–Crippen LogP) is -0.663. The maximum Gasteiger partial charge on any atom is 0.327 e. The van der Waals surface area contributed by atoms with Crippen molar-refractivity contribution in [2.75, 3.05) is 5.75 Å². The van der Waals surface area contributed by atoms with Crippen molar-refractivity contribution in [3.8, 4) is 0 Å². The Morgan fingerprint density at radius 1 is 0.943 bits per heavy atom. The molecule has 0 radical (unpaired) electrons. The Morgan fingerprint density at radius 3 is 2.00 bits per heavy atom. The van der Waals surface area contributed by atoms with Crippen molar-refractivity contribution in [2.24, 2.45) is 17.4 Å². The number of amides is 4. The van der Waals surface area contributed by atoms with E-state index in [1.165, 1.54) is 0 Å². The van der Waals surface area contributed by atoms with Crippen LogP contribution in [-0.2, 0) is 30.4 Å². The van der Waals surface area contributed by atoms with E-state index in [-0.39, 0.29) is 30.9 Å². The van der Waals surface area contributed by atoms with Crippen molar-refractivity contribution in [3.63, 3.8) is 0 Å². The van der Waals surface area contributed by atoms with E-state index in [9.17, 15) is 29.1 Å². The Bertz CT molecular complexity index is 884. The Labute approximate surface area is 210 Å². The molecule has 0 aromatic heterocycles. The molecule has 1 aromatic rings. The molecule has 1 aromatic carbocycles. The number of thiol groups is 1. The third-order valence-corrected chi connectivity index (χ3v) is 5.95. The normalized spacial score (nSPS) is 15.1. The molecule has 35 heavy (non-hydrogen) atoms. The zero-order chi connectivity index (χ0) is 26.5. The van der Waals surface area contributed by atoms with E-state index < -0.39 is 53.8 Å². The van der Waals surface area contributed by atoms with E-state index >= 15 is 0 Å². The smallest absolute Gasteiger partial charge is 0.327 e. The summed E-state index contributed by atoms with van der Waals surface area (Å²) < 4.78 is 0. The van der Waals surface area contributed by atoms with Crippen molar-refractivity contribution in [2.45, 2.75) is 63.7 Å². The molecule has 0 aliphatic heterocycles. The number of hydrogen-bond acceptors (Lipinski definition) is 7. The number of rotatable bonds is 15. The lowest BCUT2D eigenvalue weighted by atomic mass is 9.98. The SMILES string of the molecule is CCC(C)C(N)C(=O)NC(Cc1ccccc1)C(=O)NC(CCC(N)=O)C(=O)NC(CS)C(=O)O. The number of carbonyl (C=O) groups is 5. The molecule has 194 valence electrons. The van der Waals surface area contributed by atoms with Crippen LogP contribution in [0.3, 0.4) is 0 Å². The van der Waals surface area contributed by atoms with E-state index in [4.69, 9.17) is 11.5 Å². The number of carboxylic acid groups (broad SMARTS) is 1. The summed E-state index contributed by atoms with van der Waals surface area (Å²) in [5.74, 6) is -4.34. The zero-order valence-electron chi connectivity index (χ0n) is 19.9. The first-order chi connectivity index (χ1) is 16.5. The fraction of sp³-hybridized carbons (Fsp3) is 0.522. The second-order valence-corrected chi connectivity index (χ2v) is 8.68. The number of primary amides is 1. The highest BCUT2D eigenvalue weighted by molar-refractivity contribution is 7.80.